The van der Waals surface area contributed by atoms with Gasteiger partial charge in [-0.1, -0.05) is 26.7 Å². The van der Waals surface area contributed by atoms with Crippen molar-refractivity contribution in [2.24, 2.45) is 5.73 Å². The van der Waals surface area contributed by atoms with Crippen LogP contribution in [0.1, 0.15) is 46.0 Å². The largest absolute Gasteiger partial charge is 0.329 e. The molecule has 1 heterocycles. The van der Waals surface area contributed by atoms with Gasteiger partial charge in [0, 0.05) is 31.7 Å². The first kappa shape index (κ1) is 14.9. The highest BCUT2D eigenvalue weighted by Gasteiger charge is 2.26. The Balaban J connectivity index is 2.61. The molecule has 0 saturated carbocycles. The third-order valence-electron chi connectivity index (χ3n) is 4.05. The molecule has 1 fully saturated rings. The summed E-state index contributed by atoms with van der Waals surface area (Å²) >= 11 is 0. The van der Waals surface area contributed by atoms with Crippen LogP contribution in [0, 0.1) is 0 Å². The van der Waals surface area contributed by atoms with Gasteiger partial charge in [0.1, 0.15) is 0 Å². The Morgan fingerprint density at radius 3 is 2.65 bits per heavy atom. The van der Waals surface area contributed by atoms with E-state index in [4.69, 9.17) is 5.73 Å². The second-order valence-electron chi connectivity index (χ2n) is 5.45. The molecule has 0 radical (unpaired) electrons. The molecule has 0 spiro atoms. The lowest BCUT2D eigenvalue weighted by Crippen LogP contribution is -2.48. The van der Waals surface area contributed by atoms with Gasteiger partial charge in [-0.05, 0) is 32.9 Å². The monoisotopic (exact) mass is 241 g/mol. The zero-order valence-corrected chi connectivity index (χ0v) is 12.0. The molecule has 102 valence electrons. The summed E-state index contributed by atoms with van der Waals surface area (Å²) in [6.45, 7) is 9.07. The summed E-state index contributed by atoms with van der Waals surface area (Å²) in [6, 6.07) is 1.30. The van der Waals surface area contributed by atoms with Gasteiger partial charge in [-0.15, -0.1) is 0 Å². The average Bonchev–Trinajstić information content (AvgIpc) is 2.52. The molecule has 0 aromatic heterocycles. The molecular weight excluding hydrogens is 210 g/mol. The number of nitrogens with two attached hydrogens (primary N) is 1. The normalized spacial score (nSPS) is 25.8. The molecule has 0 bridgehead atoms. The summed E-state index contributed by atoms with van der Waals surface area (Å²) in [5, 5.41) is 0. The number of hydrogen-bond acceptors (Lipinski definition) is 3. The molecule has 1 rings (SSSR count). The molecule has 1 aliphatic rings. The number of likely N-dealkylation sites (N-methyl/N-ethyl adjacent to an activating group) is 1. The fraction of sp³-hybridized carbons (Fsp3) is 1.00. The Labute approximate surface area is 107 Å². The van der Waals surface area contributed by atoms with Gasteiger partial charge in [0.25, 0.3) is 0 Å². The number of hydrogen-bond donors (Lipinski definition) is 1. The van der Waals surface area contributed by atoms with Crippen LogP contribution in [0.25, 0.3) is 0 Å². The third kappa shape index (κ3) is 4.57. The van der Waals surface area contributed by atoms with E-state index in [9.17, 15) is 0 Å². The molecule has 1 saturated heterocycles. The topological polar surface area (TPSA) is 32.5 Å². The molecule has 2 atom stereocenters. The summed E-state index contributed by atoms with van der Waals surface area (Å²) in [7, 11) is 2.25. The van der Waals surface area contributed by atoms with Crippen molar-refractivity contribution < 1.29 is 0 Å². The molecule has 2 N–H and O–H groups in total. The summed E-state index contributed by atoms with van der Waals surface area (Å²) in [5.41, 5.74) is 5.99. The zero-order valence-electron chi connectivity index (χ0n) is 12.0. The zero-order chi connectivity index (χ0) is 12.7. The molecular formula is C14H31N3. The molecule has 0 amide bonds. The maximum atomic E-state index is 5.99. The highest BCUT2D eigenvalue weighted by Crippen LogP contribution is 2.18. The molecule has 0 aromatic carbocycles. The second kappa shape index (κ2) is 8.06. The first-order chi connectivity index (χ1) is 8.22. The Morgan fingerprint density at radius 2 is 2.06 bits per heavy atom. The van der Waals surface area contributed by atoms with Crippen LogP contribution in [-0.4, -0.2) is 55.1 Å². The standard InChI is InChI=1S/C14H31N3/c1-4-6-8-14(11-15)17-10-7-9-16(3)12-13(17)5-2/h13-14H,4-12,15H2,1-3H3. The van der Waals surface area contributed by atoms with E-state index in [1.807, 2.05) is 0 Å². The van der Waals surface area contributed by atoms with E-state index in [2.05, 4.69) is 30.7 Å². The van der Waals surface area contributed by atoms with Crippen LogP contribution in [0.4, 0.5) is 0 Å². The minimum Gasteiger partial charge on any atom is -0.329 e. The number of unbranched alkanes of at least 4 members (excludes halogenated alkanes) is 1. The fourth-order valence-electron chi connectivity index (χ4n) is 2.96. The Hall–Kier alpha value is -0.120. The fourth-order valence-corrected chi connectivity index (χ4v) is 2.96. The van der Waals surface area contributed by atoms with Crippen LogP contribution in [0.15, 0.2) is 0 Å². The minimum atomic E-state index is 0.603. The van der Waals surface area contributed by atoms with Crippen molar-refractivity contribution in [2.45, 2.75) is 58.0 Å². The minimum absolute atomic E-state index is 0.603. The van der Waals surface area contributed by atoms with Gasteiger partial charge in [0.2, 0.25) is 0 Å². The lowest BCUT2D eigenvalue weighted by molar-refractivity contribution is 0.123. The van der Waals surface area contributed by atoms with Crippen molar-refractivity contribution >= 4 is 0 Å². The van der Waals surface area contributed by atoms with Crippen molar-refractivity contribution in [1.82, 2.24) is 9.80 Å². The SMILES string of the molecule is CCCCC(CN)N1CCCN(C)CC1CC. The van der Waals surface area contributed by atoms with Crippen LogP contribution in [-0.2, 0) is 0 Å². The quantitative estimate of drug-likeness (QED) is 0.771. The Kier molecular flexibility index (Phi) is 7.09. The highest BCUT2D eigenvalue weighted by molar-refractivity contribution is 4.83. The summed E-state index contributed by atoms with van der Waals surface area (Å²) in [6.07, 6.45) is 6.39. The Morgan fingerprint density at radius 1 is 1.29 bits per heavy atom. The first-order valence-electron chi connectivity index (χ1n) is 7.37. The summed E-state index contributed by atoms with van der Waals surface area (Å²) in [5.74, 6) is 0. The van der Waals surface area contributed by atoms with Crippen LogP contribution >= 0.6 is 0 Å². The molecule has 17 heavy (non-hydrogen) atoms. The maximum Gasteiger partial charge on any atom is 0.0223 e. The van der Waals surface area contributed by atoms with Crippen molar-refractivity contribution in [3.05, 3.63) is 0 Å². The van der Waals surface area contributed by atoms with Crippen molar-refractivity contribution in [1.29, 1.82) is 0 Å². The maximum absolute atomic E-state index is 5.99. The first-order valence-corrected chi connectivity index (χ1v) is 7.37. The van der Waals surface area contributed by atoms with Crippen LogP contribution in [0.2, 0.25) is 0 Å². The second-order valence-corrected chi connectivity index (χ2v) is 5.45. The Bertz CT molecular complexity index is 196. The van der Waals surface area contributed by atoms with Crippen molar-refractivity contribution in [2.75, 3.05) is 33.2 Å². The van der Waals surface area contributed by atoms with E-state index >= 15 is 0 Å². The molecule has 0 aliphatic carbocycles. The van der Waals surface area contributed by atoms with E-state index in [1.165, 1.54) is 51.7 Å². The van der Waals surface area contributed by atoms with E-state index in [0.717, 1.165) is 6.54 Å². The van der Waals surface area contributed by atoms with Crippen LogP contribution in [0.5, 0.6) is 0 Å². The summed E-state index contributed by atoms with van der Waals surface area (Å²) in [4.78, 5) is 5.17. The molecule has 3 nitrogen and oxygen atoms in total. The van der Waals surface area contributed by atoms with E-state index < -0.39 is 0 Å². The average molecular weight is 241 g/mol. The predicted molar refractivity (Wildman–Crippen MR) is 75.3 cm³/mol. The van der Waals surface area contributed by atoms with Gasteiger partial charge >= 0.3 is 0 Å². The van der Waals surface area contributed by atoms with Crippen LogP contribution < -0.4 is 5.73 Å². The van der Waals surface area contributed by atoms with Gasteiger partial charge < -0.3 is 10.6 Å². The number of rotatable bonds is 6. The van der Waals surface area contributed by atoms with Gasteiger partial charge in [-0.3, -0.25) is 4.90 Å². The van der Waals surface area contributed by atoms with E-state index in [0.29, 0.717) is 12.1 Å². The van der Waals surface area contributed by atoms with Gasteiger partial charge in [0.05, 0.1) is 0 Å². The molecule has 1 aliphatic heterocycles. The lowest BCUT2D eigenvalue weighted by atomic mass is 10.0. The molecule has 3 heteroatoms. The van der Waals surface area contributed by atoms with Crippen molar-refractivity contribution in [3.8, 4) is 0 Å². The molecule has 0 aromatic rings. The highest BCUT2D eigenvalue weighted by atomic mass is 15.3. The smallest absolute Gasteiger partial charge is 0.0223 e. The van der Waals surface area contributed by atoms with Crippen molar-refractivity contribution in [3.63, 3.8) is 0 Å². The van der Waals surface area contributed by atoms with Crippen LogP contribution in [0.3, 0.4) is 0 Å². The van der Waals surface area contributed by atoms with Gasteiger partial charge in [0.15, 0.2) is 0 Å². The van der Waals surface area contributed by atoms with E-state index in [1.54, 1.807) is 0 Å². The van der Waals surface area contributed by atoms with E-state index in [-0.39, 0.29) is 0 Å². The van der Waals surface area contributed by atoms with Gasteiger partial charge in [-0.2, -0.15) is 0 Å². The number of nitrogens with zero attached hydrogens (tertiary/aromatic N) is 2. The predicted octanol–water partition coefficient (Wildman–Crippen LogP) is 1.92. The van der Waals surface area contributed by atoms with Gasteiger partial charge in [-0.25, -0.2) is 0 Å². The lowest BCUT2D eigenvalue weighted by Gasteiger charge is -2.36. The third-order valence-corrected chi connectivity index (χ3v) is 4.05. The molecule has 2 unspecified atom stereocenters. The summed E-state index contributed by atoms with van der Waals surface area (Å²) < 4.78 is 0.